The van der Waals surface area contributed by atoms with Crippen LogP contribution in [0.1, 0.15) is 5.56 Å². The molecule has 0 aliphatic rings. The minimum atomic E-state index is -0.379. The third-order valence-electron chi connectivity index (χ3n) is 2.74. The van der Waals surface area contributed by atoms with Gasteiger partial charge in [-0.25, -0.2) is 0 Å². The van der Waals surface area contributed by atoms with Gasteiger partial charge in [0, 0.05) is 27.9 Å². The van der Waals surface area contributed by atoms with Gasteiger partial charge in [-0.3, -0.25) is 10.1 Å². The highest BCUT2D eigenvalue weighted by atomic mass is 127. The molecule has 0 saturated heterocycles. The summed E-state index contributed by atoms with van der Waals surface area (Å²) < 4.78 is 0.861. The van der Waals surface area contributed by atoms with Crippen molar-refractivity contribution in [2.45, 2.75) is 6.42 Å². The Hall–Kier alpha value is -1.63. The minimum absolute atomic E-state index is 0.123. The van der Waals surface area contributed by atoms with Crippen molar-refractivity contribution in [1.82, 2.24) is 0 Å². The molecule has 0 aliphatic carbocycles. The van der Waals surface area contributed by atoms with Gasteiger partial charge in [0.15, 0.2) is 0 Å². The van der Waals surface area contributed by atoms with Crippen LogP contribution in [0.2, 0.25) is 0 Å². The first-order valence-corrected chi connectivity index (χ1v) is 6.96. The van der Waals surface area contributed by atoms with E-state index in [-0.39, 0.29) is 10.6 Å². The van der Waals surface area contributed by atoms with E-state index < -0.39 is 0 Å². The fourth-order valence-corrected chi connectivity index (χ4v) is 2.44. The second-order valence-corrected chi connectivity index (χ2v) is 5.25. The SMILES string of the molecule is O=[N+]([O-])c1ccc(NCCc2ccccc2)c(I)c1. The molecule has 0 aromatic heterocycles. The topological polar surface area (TPSA) is 55.2 Å². The summed E-state index contributed by atoms with van der Waals surface area (Å²) in [5.41, 5.74) is 2.33. The molecule has 0 radical (unpaired) electrons. The van der Waals surface area contributed by atoms with Crippen LogP contribution < -0.4 is 5.32 Å². The summed E-state index contributed by atoms with van der Waals surface area (Å²) in [4.78, 5) is 10.3. The summed E-state index contributed by atoms with van der Waals surface area (Å²) in [6.45, 7) is 0.803. The Morgan fingerprint density at radius 3 is 2.53 bits per heavy atom. The predicted octanol–water partition coefficient (Wildman–Crippen LogP) is 3.85. The molecule has 0 aliphatic heterocycles. The summed E-state index contributed by atoms with van der Waals surface area (Å²) in [6.07, 6.45) is 0.925. The first kappa shape index (κ1) is 13.8. The average molecular weight is 368 g/mol. The maximum atomic E-state index is 10.6. The molecule has 0 fully saturated rings. The van der Waals surface area contributed by atoms with E-state index in [9.17, 15) is 10.1 Å². The summed E-state index contributed by atoms with van der Waals surface area (Å²) in [6, 6.07) is 15.1. The highest BCUT2D eigenvalue weighted by Gasteiger charge is 2.08. The van der Waals surface area contributed by atoms with Crippen molar-refractivity contribution in [1.29, 1.82) is 0 Å². The van der Waals surface area contributed by atoms with Crippen LogP contribution in [0.15, 0.2) is 48.5 Å². The summed E-state index contributed by atoms with van der Waals surface area (Å²) in [7, 11) is 0. The average Bonchev–Trinajstić information content (AvgIpc) is 2.41. The number of nitrogens with one attached hydrogen (secondary N) is 1. The zero-order valence-corrected chi connectivity index (χ0v) is 12.3. The molecule has 0 spiro atoms. The molecular weight excluding hydrogens is 355 g/mol. The Labute approximate surface area is 125 Å². The third kappa shape index (κ3) is 3.92. The van der Waals surface area contributed by atoms with Crippen molar-refractivity contribution in [3.05, 3.63) is 67.8 Å². The lowest BCUT2D eigenvalue weighted by Crippen LogP contribution is -2.06. The van der Waals surface area contributed by atoms with Gasteiger partial charge in [-0.1, -0.05) is 30.3 Å². The molecule has 0 unspecified atom stereocenters. The van der Waals surface area contributed by atoms with Crippen molar-refractivity contribution >= 4 is 34.0 Å². The third-order valence-corrected chi connectivity index (χ3v) is 3.63. The Morgan fingerprint density at radius 1 is 1.16 bits per heavy atom. The smallest absolute Gasteiger partial charge is 0.270 e. The fourth-order valence-electron chi connectivity index (χ4n) is 1.75. The second kappa shape index (κ2) is 6.51. The number of hydrogen-bond donors (Lipinski definition) is 1. The largest absolute Gasteiger partial charge is 0.384 e. The van der Waals surface area contributed by atoms with Crippen molar-refractivity contribution in [2.24, 2.45) is 0 Å². The molecule has 4 nitrogen and oxygen atoms in total. The van der Waals surface area contributed by atoms with Crippen LogP contribution in [0.3, 0.4) is 0 Å². The van der Waals surface area contributed by atoms with Crippen molar-refractivity contribution < 1.29 is 4.92 Å². The zero-order chi connectivity index (χ0) is 13.7. The number of halogens is 1. The van der Waals surface area contributed by atoms with Crippen LogP contribution in [0, 0.1) is 13.7 Å². The molecule has 19 heavy (non-hydrogen) atoms. The molecular formula is C14H13IN2O2. The van der Waals surface area contributed by atoms with Gasteiger partial charge >= 0.3 is 0 Å². The number of hydrogen-bond acceptors (Lipinski definition) is 3. The molecule has 0 bridgehead atoms. The molecule has 0 atom stereocenters. The van der Waals surface area contributed by atoms with E-state index in [0.717, 1.165) is 22.2 Å². The lowest BCUT2D eigenvalue weighted by Gasteiger charge is -2.08. The summed E-state index contributed by atoms with van der Waals surface area (Å²) in [5, 5.41) is 13.9. The van der Waals surface area contributed by atoms with Crippen LogP contribution in [-0.4, -0.2) is 11.5 Å². The van der Waals surface area contributed by atoms with Crippen LogP contribution in [0.25, 0.3) is 0 Å². The normalized spacial score (nSPS) is 10.2. The molecule has 0 amide bonds. The molecule has 5 heteroatoms. The number of non-ortho nitro benzene ring substituents is 1. The highest BCUT2D eigenvalue weighted by Crippen LogP contribution is 2.23. The molecule has 0 saturated carbocycles. The van der Waals surface area contributed by atoms with E-state index >= 15 is 0 Å². The van der Waals surface area contributed by atoms with Gasteiger partial charge in [-0.05, 0) is 40.6 Å². The Bertz CT molecular complexity index is 573. The number of benzene rings is 2. The van der Waals surface area contributed by atoms with E-state index in [4.69, 9.17) is 0 Å². The van der Waals surface area contributed by atoms with E-state index in [1.165, 1.54) is 11.6 Å². The minimum Gasteiger partial charge on any atom is -0.384 e. The number of nitro benzene ring substituents is 1. The standard InChI is InChI=1S/C14H13IN2O2/c15-13-10-12(17(18)19)6-7-14(13)16-9-8-11-4-2-1-3-5-11/h1-7,10,16H,8-9H2. The Kier molecular flexibility index (Phi) is 4.73. The first-order chi connectivity index (χ1) is 9.16. The second-order valence-electron chi connectivity index (χ2n) is 4.08. The van der Waals surface area contributed by atoms with Gasteiger partial charge < -0.3 is 5.32 Å². The van der Waals surface area contributed by atoms with Crippen molar-refractivity contribution in [2.75, 3.05) is 11.9 Å². The van der Waals surface area contributed by atoms with Crippen LogP contribution in [0.5, 0.6) is 0 Å². The molecule has 2 rings (SSSR count). The summed E-state index contributed by atoms with van der Waals surface area (Å²) in [5.74, 6) is 0. The predicted molar refractivity (Wildman–Crippen MR) is 84.4 cm³/mol. The number of nitrogens with zero attached hydrogens (tertiary/aromatic N) is 1. The maximum Gasteiger partial charge on any atom is 0.270 e. The van der Waals surface area contributed by atoms with Crippen molar-refractivity contribution in [3.8, 4) is 0 Å². The van der Waals surface area contributed by atoms with Gasteiger partial charge in [0.05, 0.1) is 4.92 Å². The molecule has 2 aromatic carbocycles. The highest BCUT2D eigenvalue weighted by molar-refractivity contribution is 14.1. The monoisotopic (exact) mass is 368 g/mol. The van der Waals surface area contributed by atoms with Crippen LogP contribution in [-0.2, 0) is 6.42 Å². The van der Waals surface area contributed by atoms with Gasteiger partial charge in [-0.15, -0.1) is 0 Å². The van der Waals surface area contributed by atoms with Crippen LogP contribution >= 0.6 is 22.6 Å². The van der Waals surface area contributed by atoms with E-state index in [1.54, 1.807) is 12.1 Å². The quantitative estimate of drug-likeness (QED) is 0.496. The fraction of sp³-hybridized carbons (Fsp3) is 0.143. The number of anilines is 1. The van der Waals surface area contributed by atoms with Gasteiger partial charge in [0.25, 0.3) is 5.69 Å². The van der Waals surface area contributed by atoms with Crippen LogP contribution in [0.4, 0.5) is 11.4 Å². The molecule has 1 N–H and O–H groups in total. The zero-order valence-electron chi connectivity index (χ0n) is 10.2. The van der Waals surface area contributed by atoms with E-state index in [1.807, 2.05) is 18.2 Å². The molecule has 0 heterocycles. The number of nitro groups is 1. The van der Waals surface area contributed by atoms with Crippen molar-refractivity contribution in [3.63, 3.8) is 0 Å². The molecule has 2 aromatic rings. The number of rotatable bonds is 5. The summed E-state index contributed by atoms with van der Waals surface area (Å²) >= 11 is 2.11. The van der Waals surface area contributed by atoms with E-state index in [0.29, 0.717) is 0 Å². The van der Waals surface area contributed by atoms with Gasteiger partial charge in [0.2, 0.25) is 0 Å². The molecule has 98 valence electrons. The Balaban J connectivity index is 1.95. The van der Waals surface area contributed by atoms with Gasteiger partial charge in [0.1, 0.15) is 0 Å². The van der Waals surface area contributed by atoms with E-state index in [2.05, 4.69) is 40.0 Å². The lowest BCUT2D eigenvalue weighted by molar-refractivity contribution is -0.384. The van der Waals surface area contributed by atoms with Gasteiger partial charge in [-0.2, -0.15) is 0 Å². The lowest BCUT2D eigenvalue weighted by atomic mass is 10.1. The first-order valence-electron chi connectivity index (χ1n) is 5.88. The maximum absolute atomic E-state index is 10.6. The Morgan fingerprint density at radius 2 is 1.89 bits per heavy atom.